The van der Waals surface area contributed by atoms with Gasteiger partial charge in [0.05, 0.1) is 6.61 Å². The van der Waals surface area contributed by atoms with Gasteiger partial charge in [0.1, 0.15) is 12.6 Å². The highest BCUT2D eigenvalue weighted by Gasteiger charge is 2.30. The van der Waals surface area contributed by atoms with E-state index in [1.54, 1.807) is 14.2 Å². The summed E-state index contributed by atoms with van der Waals surface area (Å²) in [7, 11) is 3.22. The normalized spacial score (nSPS) is 14.0. The Kier molecular flexibility index (Phi) is 8.65. The zero-order valence-corrected chi connectivity index (χ0v) is 19.8. The van der Waals surface area contributed by atoms with Crippen LogP contribution in [0.25, 0.3) is 11.1 Å². The summed E-state index contributed by atoms with van der Waals surface area (Å²) in [5.74, 6) is -1.42. The molecule has 0 aromatic heterocycles. The van der Waals surface area contributed by atoms with Crippen molar-refractivity contribution in [3.63, 3.8) is 0 Å². The van der Waals surface area contributed by atoms with Crippen molar-refractivity contribution in [3.05, 3.63) is 59.7 Å². The molecule has 0 spiro atoms. The Labute approximate surface area is 199 Å². The number of rotatable bonds is 11. The van der Waals surface area contributed by atoms with Crippen molar-refractivity contribution in [2.45, 2.75) is 31.7 Å². The van der Waals surface area contributed by atoms with Crippen LogP contribution in [0.15, 0.2) is 48.5 Å². The number of hydrogen-bond donors (Lipinski definition) is 2. The van der Waals surface area contributed by atoms with Crippen LogP contribution in [-0.2, 0) is 19.1 Å². The predicted molar refractivity (Wildman–Crippen MR) is 128 cm³/mol. The standard InChI is InChI=1S/C26H32N2O6/c1-17(15-33-3)14-28(2)25(31)23(12-13-24(29)30)27-26(32)34-16-22-20-10-6-4-8-18(20)19-9-5-7-11-21(19)22/h4-11,17,22-23H,12-16H2,1-3H3,(H,27,32)(H,29,30). The highest BCUT2D eigenvalue weighted by Crippen LogP contribution is 2.44. The number of alkyl carbamates (subject to hydrolysis) is 1. The molecule has 0 bridgehead atoms. The molecule has 2 atom stereocenters. The summed E-state index contributed by atoms with van der Waals surface area (Å²) in [6.45, 7) is 2.96. The number of nitrogens with one attached hydrogen (secondary N) is 1. The Balaban J connectivity index is 1.65. The molecule has 2 amide bonds. The van der Waals surface area contributed by atoms with Crippen molar-refractivity contribution in [2.75, 3.05) is 33.9 Å². The number of carbonyl (C=O) groups is 3. The Bertz CT molecular complexity index is 978. The lowest BCUT2D eigenvalue weighted by molar-refractivity contribution is -0.138. The molecule has 0 saturated carbocycles. The van der Waals surface area contributed by atoms with E-state index in [1.807, 2.05) is 43.3 Å². The summed E-state index contributed by atoms with van der Waals surface area (Å²) < 4.78 is 10.7. The Hall–Kier alpha value is -3.39. The highest BCUT2D eigenvalue weighted by molar-refractivity contribution is 5.86. The molecular weight excluding hydrogens is 436 g/mol. The number of amides is 2. The van der Waals surface area contributed by atoms with Gasteiger partial charge in [-0.15, -0.1) is 0 Å². The van der Waals surface area contributed by atoms with Gasteiger partial charge in [-0.1, -0.05) is 55.5 Å². The number of fused-ring (bicyclic) bond motifs is 3. The molecule has 34 heavy (non-hydrogen) atoms. The number of ether oxygens (including phenoxy) is 2. The number of methoxy groups -OCH3 is 1. The van der Waals surface area contributed by atoms with Crippen molar-refractivity contribution < 1.29 is 29.0 Å². The largest absolute Gasteiger partial charge is 0.481 e. The maximum Gasteiger partial charge on any atom is 0.407 e. The number of nitrogens with zero attached hydrogens (tertiary/aromatic N) is 1. The molecule has 3 rings (SSSR count). The first-order valence-corrected chi connectivity index (χ1v) is 11.4. The summed E-state index contributed by atoms with van der Waals surface area (Å²) in [5.41, 5.74) is 4.41. The van der Waals surface area contributed by atoms with Gasteiger partial charge in [0.25, 0.3) is 0 Å². The zero-order chi connectivity index (χ0) is 24.7. The molecular formula is C26H32N2O6. The van der Waals surface area contributed by atoms with Gasteiger partial charge < -0.3 is 24.8 Å². The van der Waals surface area contributed by atoms with Crippen molar-refractivity contribution in [2.24, 2.45) is 5.92 Å². The Morgan fingerprint density at radius 2 is 1.65 bits per heavy atom. The fraction of sp³-hybridized carbons (Fsp3) is 0.423. The van der Waals surface area contributed by atoms with E-state index in [4.69, 9.17) is 14.6 Å². The third-order valence-corrected chi connectivity index (χ3v) is 5.99. The van der Waals surface area contributed by atoms with Gasteiger partial charge in [-0.3, -0.25) is 9.59 Å². The number of carboxylic acids is 1. The van der Waals surface area contributed by atoms with Crippen LogP contribution in [0.5, 0.6) is 0 Å². The van der Waals surface area contributed by atoms with E-state index in [0.29, 0.717) is 13.2 Å². The van der Waals surface area contributed by atoms with Crippen LogP contribution in [0.4, 0.5) is 4.79 Å². The van der Waals surface area contributed by atoms with Crippen LogP contribution in [0.1, 0.15) is 36.8 Å². The predicted octanol–water partition coefficient (Wildman–Crippen LogP) is 3.50. The van der Waals surface area contributed by atoms with Gasteiger partial charge in [-0.25, -0.2) is 4.79 Å². The summed E-state index contributed by atoms with van der Waals surface area (Å²) in [5, 5.41) is 11.7. The van der Waals surface area contributed by atoms with Crippen molar-refractivity contribution in [1.82, 2.24) is 10.2 Å². The van der Waals surface area contributed by atoms with E-state index in [9.17, 15) is 14.4 Å². The van der Waals surface area contributed by atoms with Gasteiger partial charge >= 0.3 is 12.1 Å². The number of carbonyl (C=O) groups excluding carboxylic acids is 2. The van der Waals surface area contributed by atoms with Crippen molar-refractivity contribution >= 4 is 18.0 Å². The average Bonchev–Trinajstić information content (AvgIpc) is 3.13. The van der Waals surface area contributed by atoms with E-state index < -0.39 is 18.1 Å². The topological polar surface area (TPSA) is 105 Å². The van der Waals surface area contributed by atoms with Crippen molar-refractivity contribution in [1.29, 1.82) is 0 Å². The lowest BCUT2D eigenvalue weighted by Crippen LogP contribution is -2.49. The third-order valence-electron chi connectivity index (χ3n) is 5.99. The van der Waals surface area contributed by atoms with E-state index >= 15 is 0 Å². The molecule has 2 aromatic carbocycles. The van der Waals surface area contributed by atoms with Crippen LogP contribution in [0.3, 0.4) is 0 Å². The van der Waals surface area contributed by atoms with Crippen LogP contribution in [0, 0.1) is 5.92 Å². The van der Waals surface area contributed by atoms with E-state index in [-0.39, 0.29) is 37.2 Å². The molecule has 1 aliphatic rings. The maximum atomic E-state index is 12.9. The summed E-state index contributed by atoms with van der Waals surface area (Å²) in [6.07, 6.45) is -1.02. The van der Waals surface area contributed by atoms with Gasteiger partial charge in [0.15, 0.2) is 0 Å². The highest BCUT2D eigenvalue weighted by atomic mass is 16.5. The molecule has 2 N–H and O–H groups in total. The average molecular weight is 469 g/mol. The van der Waals surface area contributed by atoms with E-state index in [0.717, 1.165) is 22.3 Å². The monoisotopic (exact) mass is 468 g/mol. The fourth-order valence-electron chi connectivity index (χ4n) is 4.47. The number of likely N-dealkylation sites (N-methyl/N-ethyl adjacent to an activating group) is 1. The van der Waals surface area contributed by atoms with Crippen molar-refractivity contribution in [3.8, 4) is 11.1 Å². The van der Waals surface area contributed by atoms with Gasteiger partial charge in [-0.05, 0) is 34.6 Å². The lowest BCUT2D eigenvalue weighted by atomic mass is 9.98. The first-order valence-electron chi connectivity index (χ1n) is 11.4. The first kappa shape index (κ1) is 25.2. The summed E-state index contributed by atoms with van der Waals surface area (Å²) in [6, 6.07) is 15.0. The maximum absolute atomic E-state index is 12.9. The molecule has 0 fully saturated rings. The minimum absolute atomic E-state index is 0.0264. The molecule has 0 radical (unpaired) electrons. The summed E-state index contributed by atoms with van der Waals surface area (Å²) >= 11 is 0. The molecule has 2 aromatic rings. The molecule has 182 valence electrons. The zero-order valence-electron chi connectivity index (χ0n) is 19.8. The minimum Gasteiger partial charge on any atom is -0.481 e. The Morgan fingerprint density at radius 1 is 1.06 bits per heavy atom. The second kappa shape index (κ2) is 11.7. The van der Waals surface area contributed by atoms with Crippen LogP contribution >= 0.6 is 0 Å². The number of aliphatic carboxylic acids is 1. The summed E-state index contributed by atoms with van der Waals surface area (Å²) in [4.78, 5) is 38.2. The molecule has 1 aliphatic carbocycles. The van der Waals surface area contributed by atoms with Crippen LogP contribution in [-0.4, -0.2) is 67.9 Å². The van der Waals surface area contributed by atoms with Crippen LogP contribution < -0.4 is 5.32 Å². The molecule has 0 aliphatic heterocycles. The van der Waals surface area contributed by atoms with E-state index in [1.165, 1.54) is 4.90 Å². The minimum atomic E-state index is -1.04. The molecule has 8 nitrogen and oxygen atoms in total. The fourth-order valence-corrected chi connectivity index (χ4v) is 4.47. The quantitative estimate of drug-likeness (QED) is 0.523. The van der Waals surface area contributed by atoms with Gasteiger partial charge in [-0.2, -0.15) is 0 Å². The second-order valence-corrected chi connectivity index (χ2v) is 8.73. The molecule has 0 heterocycles. The second-order valence-electron chi connectivity index (χ2n) is 8.73. The smallest absolute Gasteiger partial charge is 0.407 e. The SMILES string of the molecule is COCC(C)CN(C)C(=O)C(CCC(=O)O)NC(=O)OCC1c2ccccc2-c2ccccc21. The number of benzene rings is 2. The first-order chi connectivity index (χ1) is 16.3. The number of hydrogen-bond acceptors (Lipinski definition) is 5. The Morgan fingerprint density at radius 3 is 2.21 bits per heavy atom. The molecule has 8 heteroatoms. The lowest BCUT2D eigenvalue weighted by Gasteiger charge is -2.26. The molecule has 0 saturated heterocycles. The molecule has 2 unspecified atom stereocenters. The van der Waals surface area contributed by atoms with Crippen LogP contribution in [0.2, 0.25) is 0 Å². The van der Waals surface area contributed by atoms with Gasteiger partial charge in [0, 0.05) is 33.0 Å². The third kappa shape index (κ3) is 6.14. The number of carboxylic acid groups (broad SMARTS) is 1. The van der Waals surface area contributed by atoms with E-state index in [2.05, 4.69) is 17.4 Å². The van der Waals surface area contributed by atoms with Gasteiger partial charge in [0.2, 0.25) is 5.91 Å².